The smallest absolute Gasteiger partial charge is 0.105 e. The molecule has 0 aliphatic carbocycles. The highest BCUT2D eigenvalue weighted by molar-refractivity contribution is 4.09. The van der Waals surface area contributed by atoms with Crippen LogP contribution >= 0.6 is 0 Å². The standard InChI is InChI=1S/3C3H9NO.3ClH/c3*1-2-3-4-5;;;/h3*4-5H,2-3H2,1H3;3*1H. The van der Waals surface area contributed by atoms with Gasteiger partial charge in [0.25, 0.3) is 0 Å². The van der Waals surface area contributed by atoms with E-state index in [2.05, 4.69) is 0 Å². The number of nitrogens with two attached hydrogens (primary N) is 3. The lowest BCUT2D eigenvalue weighted by molar-refractivity contribution is -0.886. The van der Waals surface area contributed by atoms with Crippen LogP contribution in [0.2, 0.25) is 0 Å². The van der Waals surface area contributed by atoms with Crippen molar-refractivity contribution in [3.8, 4) is 0 Å². The molecule has 6 nitrogen and oxygen atoms in total. The third kappa shape index (κ3) is 92.4. The van der Waals surface area contributed by atoms with Crippen molar-refractivity contribution in [1.29, 1.82) is 0 Å². The Morgan fingerprint density at radius 3 is 0.722 bits per heavy atom. The van der Waals surface area contributed by atoms with Gasteiger partial charge in [-0.25, -0.2) is 32.1 Å². The van der Waals surface area contributed by atoms with Crippen molar-refractivity contribution in [3.63, 3.8) is 0 Å². The van der Waals surface area contributed by atoms with Crippen LogP contribution in [0.3, 0.4) is 0 Å². The Kier molecular flexibility index (Phi) is 106. The topological polar surface area (TPSA) is 111 Å². The highest BCUT2D eigenvalue weighted by atomic mass is 35.5. The Balaban J connectivity index is -0.0000000277. The van der Waals surface area contributed by atoms with Crippen molar-refractivity contribution in [3.05, 3.63) is 0 Å². The third-order valence-electron chi connectivity index (χ3n) is 1.25. The minimum Gasteiger partial charge on any atom is -1.00 e. The highest BCUT2D eigenvalue weighted by Crippen LogP contribution is 1.56. The van der Waals surface area contributed by atoms with E-state index in [-0.39, 0.29) is 37.2 Å². The van der Waals surface area contributed by atoms with Crippen LogP contribution in [0.4, 0.5) is 0 Å². The minimum absolute atomic E-state index is 0. The fraction of sp³-hybridized carbons (Fsp3) is 1.00. The van der Waals surface area contributed by atoms with Gasteiger partial charge in [-0.3, -0.25) is 0 Å². The van der Waals surface area contributed by atoms with Gasteiger partial charge in [0.05, 0.1) is 0 Å². The highest BCUT2D eigenvalue weighted by Gasteiger charge is 1.71. The number of halogens is 3. The molecule has 0 saturated heterocycles. The van der Waals surface area contributed by atoms with Crippen LogP contribution < -0.4 is 53.7 Å². The summed E-state index contributed by atoms with van der Waals surface area (Å²) in [5.41, 5.74) is 3.54. The zero-order valence-electron chi connectivity index (χ0n) is 11.5. The molecule has 0 rings (SSSR count). The summed E-state index contributed by atoms with van der Waals surface area (Å²) in [5, 5.41) is 23.8. The van der Waals surface area contributed by atoms with Crippen LogP contribution in [-0.2, 0) is 0 Å². The molecule has 0 unspecified atom stereocenters. The van der Waals surface area contributed by atoms with Gasteiger partial charge in [-0.2, -0.15) is 0 Å². The number of hydrogen-bond acceptors (Lipinski definition) is 3. The Hall–Kier alpha value is 0.630. The van der Waals surface area contributed by atoms with Crippen molar-refractivity contribution in [2.24, 2.45) is 0 Å². The largest absolute Gasteiger partial charge is 1.00 e. The molecule has 0 aromatic carbocycles. The molecule has 0 saturated carbocycles. The first-order valence-electron chi connectivity index (χ1n) is 5.62. The molecule has 0 fully saturated rings. The molecule has 9 heteroatoms. The molecule has 0 aliphatic rings. The van der Waals surface area contributed by atoms with Gasteiger partial charge in [-0.1, -0.05) is 20.8 Å². The summed E-state index contributed by atoms with van der Waals surface area (Å²) in [5.74, 6) is 0. The van der Waals surface area contributed by atoms with Crippen LogP contribution in [0.1, 0.15) is 40.0 Å². The first kappa shape index (κ1) is 36.3. The summed E-state index contributed by atoms with van der Waals surface area (Å²) < 4.78 is 0. The molecule has 0 atom stereocenters. The Labute approximate surface area is 129 Å². The lowest BCUT2D eigenvalue weighted by atomic mass is 10.5. The molecular weight excluding hydrogens is 304 g/mol. The lowest BCUT2D eigenvalue weighted by Gasteiger charge is -1.79. The van der Waals surface area contributed by atoms with Crippen LogP contribution in [0.15, 0.2) is 0 Å². The van der Waals surface area contributed by atoms with Gasteiger partial charge < -0.3 is 37.2 Å². The molecule has 0 aromatic rings. The van der Waals surface area contributed by atoms with Gasteiger partial charge in [0, 0.05) is 0 Å². The molecule has 0 heterocycles. The predicted octanol–water partition coefficient (Wildman–Crippen LogP) is -10.9. The van der Waals surface area contributed by atoms with E-state index in [0.29, 0.717) is 0 Å². The van der Waals surface area contributed by atoms with E-state index < -0.39 is 0 Å². The van der Waals surface area contributed by atoms with Gasteiger partial charge in [0.1, 0.15) is 19.6 Å². The fourth-order valence-corrected chi connectivity index (χ4v) is 0.387. The zero-order valence-corrected chi connectivity index (χ0v) is 13.7. The minimum atomic E-state index is 0. The molecule has 0 spiro atoms. The maximum Gasteiger partial charge on any atom is 0.105 e. The van der Waals surface area contributed by atoms with E-state index in [9.17, 15) is 0 Å². The molecular formula is C9H30Cl3N3O3. The van der Waals surface area contributed by atoms with E-state index in [1.807, 2.05) is 20.8 Å². The van der Waals surface area contributed by atoms with Crippen molar-refractivity contribution in [2.45, 2.75) is 40.0 Å². The van der Waals surface area contributed by atoms with E-state index in [0.717, 1.165) is 38.9 Å². The second-order valence-electron chi connectivity index (χ2n) is 2.91. The third-order valence-corrected chi connectivity index (χ3v) is 1.25. The number of hydrogen-bond donors (Lipinski definition) is 6. The fourth-order valence-electron chi connectivity index (χ4n) is 0.387. The summed E-state index contributed by atoms with van der Waals surface area (Å²) in [6, 6.07) is 0. The van der Waals surface area contributed by atoms with E-state index in [1.165, 1.54) is 16.4 Å². The van der Waals surface area contributed by atoms with E-state index in [4.69, 9.17) is 15.6 Å². The number of quaternary nitrogens is 3. The van der Waals surface area contributed by atoms with Gasteiger partial charge in [0.15, 0.2) is 0 Å². The molecule has 0 amide bonds. The van der Waals surface area contributed by atoms with E-state index >= 15 is 0 Å². The second kappa shape index (κ2) is 52.6. The Morgan fingerprint density at radius 1 is 0.556 bits per heavy atom. The Morgan fingerprint density at radius 2 is 0.722 bits per heavy atom. The molecule has 9 N–H and O–H groups in total. The van der Waals surface area contributed by atoms with Crippen molar-refractivity contribution >= 4 is 0 Å². The first-order chi connectivity index (χ1) is 7.24. The molecule has 0 bridgehead atoms. The normalized spacial score (nSPS) is 7.00. The first-order valence-corrected chi connectivity index (χ1v) is 5.62. The second-order valence-corrected chi connectivity index (χ2v) is 2.91. The maximum absolute atomic E-state index is 7.94. The van der Waals surface area contributed by atoms with Gasteiger partial charge in [-0.05, 0) is 19.3 Å². The van der Waals surface area contributed by atoms with Crippen molar-refractivity contribution < 1.29 is 69.3 Å². The quantitative estimate of drug-likeness (QED) is 0.271. The molecule has 18 heavy (non-hydrogen) atoms. The van der Waals surface area contributed by atoms with E-state index in [1.54, 1.807) is 0 Å². The van der Waals surface area contributed by atoms with Gasteiger partial charge >= 0.3 is 0 Å². The Bertz CT molecular complexity index is 69.1. The van der Waals surface area contributed by atoms with Crippen LogP contribution in [-0.4, -0.2) is 35.3 Å². The lowest BCUT2D eigenvalue weighted by Crippen LogP contribution is -3.00. The van der Waals surface area contributed by atoms with Crippen molar-refractivity contribution in [2.75, 3.05) is 19.6 Å². The number of rotatable bonds is 6. The summed E-state index contributed by atoms with van der Waals surface area (Å²) in [6.45, 7) is 8.52. The zero-order chi connectivity index (χ0) is 12.4. The molecule has 0 aliphatic heterocycles. The molecule has 120 valence electrons. The number of hydroxylamine groups is 3. The van der Waals surface area contributed by atoms with Crippen LogP contribution in [0, 0.1) is 0 Å². The molecule has 0 radical (unpaired) electrons. The SMILES string of the molecule is CCC[NH2+]O.CCC[NH2+]O.CCC[NH2+]O.[Cl-].[Cl-].[Cl-]. The summed E-state index contributed by atoms with van der Waals surface area (Å²) in [6.07, 6.45) is 3.11. The summed E-state index contributed by atoms with van der Waals surface area (Å²) >= 11 is 0. The molecule has 0 aromatic heterocycles. The maximum atomic E-state index is 7.94. The monoisotopic (exact) mass is 333 g/mol. The average molecular weight is 335 g/mol. The van der Waals surface area contributed by atoms with Crippen molar-refractivity contribution in [1.82, 2.24) is 0 Å². The van der Waals surface area contributed by atoms with Gasteiger partial charge in [-0.15, -0.1) is 0 Å². The summed E-state index contributed by atoms with van der Waals surface area (Å²) in [7, 11) is 0. The van der Waals surface area contributed by atoms with Gasteiger partial charge in [0.2, 0.25) is 0 Å². The van der Waals surface area contributed by atoms with Crippen LogP contribution in [0.25, 0.3) is 0 Å². The average Bonchev–Trinajstić information content (AvgIpc) is 2.23. The summed E-state index contributed by atoms with van der Waals surface area (Å²) in [4.78, 5) is 0. The predicted molar refractivity (Wildman–Crippen MR) is 56.6 cm³/mol. The van der Waals surface area contributed by atoms with Crippen LogP contribution in [0.5, 0.6) is 0 Å².